The molecule has 0 atom stereocenters. The minimum Gasteiger partial charge on any atom is -0.423 e. The van der Waals surface area contributed by atoms with E-state index in [1.54, 1.807) is 59.3 Å². The Morgan fingerprint density at radius 2 is 1.38 bits per heavy atom. The van der Waals surface area contributed by atoms with Gasteiger partial charge in [0.25, 0.3) is 5.91 Å². The molecule has 4 aromatic rings. The van der Waals surface area contributed by atoms with E-state index in [-0.39, 0.29) is 5.91 Å². The third-order valence-electron chi connectivity index (χ3n) is 4.12. The first kappa shape index (κ1) is 15.8. The van der Waals surface area contributed by atoms with Gasteiger partial charge in [0.05, 0.1) is 11.1 Å². The molecule has 1 heterocycles. The fourth-order valence-electron chi connectivity index (χ4n) is 2.81. The van der Waals surface area contributed by atoms with Gasteiger partial charge < -0.3 is 4.74 Å². The largest absolute Gasteiger partial charge is 0.423 e. The molecule has 0 aliphatic carbocycles. The molecule has 0 unspecified atom stereocenters. The van der Waals surface area contributed by atoms with Crippen LogP contribution in [-0.2, 0) is 0 Å². The van der Waals surface area contributed by atoms with Crippen molar-refractivity contribution in [2.75, 3.05) is 0 Å². The Balaban J connectivity index is 1.67. The van der Waals surface area contributed by atoms with Gasteiger partial charge in [0.15, 0.2) is 0 Å². The monoisotopic (exact) mass is 341 g/mol. The van der Waals surface area contributed by atoms with E-state index in [1.807, 2.05) is 36.4 Å². The Morgan fingerprint density at radius 1 is 0.731 bits per heavy atom. The lowest BCUT2D eigenvalue weighted by atomic mass is 10.2. The number of carbonyl (C=O) groups is 2. The summed E-state index contributed by atoms with van der Waals surface area (Å²) in [5.74, 6) is -0.170. The summed E-state index contributed by atoms with van der Waals surface area (Å²) in [6.45, 7) is 0. The first-order chi connectivity index (χ1) is 12.7. The van der Waals surface area contributed by atoms with E-state index >= 15 is 0 Å². The number of nitrogens with zero attached hydrogens (tertiary/aromatic N) is 1. The summed E-state index contributed by atoms with van der Waals surface area (Å²) in [5, 5.41) is 0.897. The molecule has 4 heteroatoms. The van der Waals surface area contributed by atoms with Gasteiger partial charge in [-0.3, -0.25) is 9.36 Å². The molecule has 0 amide bonds. The number of benzene rings is 3. The van der Waals surface area contributed by atoms with Gasteiger partial charge in [-0.25, -0.2) is 4.79 Å². The number of hydrogen-bond acceptors (Lipinski definition) is 3. The van der Waals surface area contributed by atoms with Crippen LogP contribution in [0.1, 0.15) is 20.7 Å². The molecular weight excluding hydrogens is 326 g/mol. The lowest BCUT2D eigenvalue weighted by molar-refractivity contribution is 0.0735. The van der Waals surface area contributed by atoms with Crippen molar-refractivity contribution in [3.8, 4) is 5.75 Å². The molecule has 0 spiro atoms. The first-order valence-electron chi connectivity index (χ1n) is 8.20. The van der Waals surface area contributed by atoms with Crippen molar-refractivity contribution in [1.82, 2.24) is 4.57 Å². The van der Waals surface area contributed by atoms with Gasteiger partial charge in [0.2, 0.25) is 0 Å². The molecule has 4 rings (SSSR count). The highest BCUT2D eigenvalue weighted by molar-refractivity contribution is 6.02. The van der Waals surface area contributed by atoms with Gasteiger partial charge in [-0.05, 0) is 42.5 Å². The minimum absolute atomic E-state index is 0.132. The molecular formula is C22H15NO3. The van der Waals surface area contributed by atoms with Crippen LogP contribution in [0.3, 0.4) is 0 Å². The van der Waals surface area contributed by atoms with E-state index in [1.165, 1.54) is 0 Å². The summed E-state index contributed by atoms with van der Waals surface area (Å²) in [6, 6.07) is 25.0. The van der Waals surface area contributed by atoms with Crippen LogP contribution in [-0.4, -0.2) is 16.4 Å². The van der Waals surface area contributed by atoms with Crippen molar-refractivity contribution in [1.29, 1.82) is 0 Å². The Hall–Kier alpha value is -3.66. The van der Waals surface area contributed by atoms with Crippen LogP contribution in [0, 0.1) is 0 Å². The third kappa shape index (κ3) is 3.00. The summed E-state index contributed by atoms with van der Waals surface area (Å²) >= 11 is 0. The maximum Gasteiger partial charge on any atom is 0.343 e. The lowest BCUT2D eigenvalue weighted by Gasteiger charge is -2.07. The average Bonchev–Trinajstić information content (AvgIpc) is 3.12. The van der Waals surface area contributed by atoms with E-state index in [0.29, 0.717) is 22.4 Å². The quantitative estimate of drug-likeness (QED) is 0.406. The van der Waals surface area contributed by atoms with Crippen molar-refractivity contribution in [3.05, 3.63) is 102 Å². The highest BCUT2D eigenvalue weighted by atomic mass is 16.5. The number of esters is 1. The normalized spacial score (nSPS) is 10.6. The van der Waals surface area contributed by atoms with Gasteiger partial charge in [-0.1, -0.05) is 36.4 Å². The molecule has 0 N–H and O–H groups in total. The topological polar surface area (TPSA) is 48.3 Å². The standard InChI is InChI=1S/C22H15NO3/c24-21(17-7-3-1-4-8-17)23-14-13-16-11-12-19(15-20(16)23)26-22(25)18-9-5-2-6-10-18/h1-15H. The molecule has 126 valence electrons. The van der Waals surface area contributed by atoms with E-state index in [9.17, 15) is 9.59 Å². The molecule has 0 aliphatic rings. The molecule has 1 aromatic heterocycles. The maximum atomic E-state index is 12.7. The van der Waals surface area contributed by atoms with Crippen LogP contribution in [0.15, 0.2) is 91.1 Å². The molecule has 0 radical (unpaired) electrons. The summed E-state index contributed by atoms with van der Waals surface area (Å²) in [7, 11) is 0. The third-order valence-corrected chi connectivity index (χ3v) is 4.12. The zero-order chi connectivity index (χ0) is 17.9. The van der Waals surface area contributed by atoms with Crippen LogP contribution >= 0.6 is 0 Å². The Morgan fingerprint density at radius 3 is 2.08 bits per heavy atom. The van der Waals surface area contributed by atoms with Gasteiger partial charge >= 0.3 is 5.97 Å². The number of ether oxygens (including phenoxy) is 1. The zero-order valence-corrected chi connectivity index (χ0v) is 13.8. The smallest absolute Gasteiger partial charge is 0.343 e. The van der Waals surface area contributed by atoms with Gasteiger partial charge in [-0.2, -0.15) is 0 Å². The predicted octanol–water partition coefficient (Wildman–Crippen LogP) is 4.55. The van der Waals surface area contributed by atoms with Crippen molar-refractivity contribution >= 4 is 22.8 Å². The van der Waals surface area contributed by atoms with Gasteiger partial charge in [-0.15, -0.1) is 0 Å². The van der Waals surface area contributed by atoms with Crippen LogP contribution in [0.2, 0.25) is 0 Å². The number of carbonyl (C=O) groups excluding carboxylic acids is 2. The summed E-state index contributed by atoms with van der Waals surface area (Å²) in [4.78, 5) is 25.0. The number of aromatic nitrogens is 1. The van der Waals surface area contributed by atoms with Crippen molar-refractivity contribution in [3.63, 3.8) is 0 Å². The average molecular weight is 341 g/mol. The van der Waals surface area contributed by atoms with E-state index in [0.717, 1.165) is 5.39 Å². The van der Waals surface area contributed by atoms with Gasteiger partial charge in [0.1, 0.15) is 5.75 Å². The maximum absolute atomic E-state index is 12.7. The molecule has 0 saturated heterocycles. The highest BCUT2D eigenvalue weighted by Gasteiger charge is 2.13. The SMILES string of the molecule is O=C(Oc1ccc2ccn(C(=O)c3ccccc3)c2c1)c1ccccc1. The molecule has 0 fully saturated rings. The second kappa shape index (κ2) is 6.69. The van der Waals surface area contributed by atoms with E-state index in [2.05, 4.69) is 0 Å². The zero-order valence-electron chi connectivity index (χ0n) is 13.8. The Labute approximate surface area is 150 Å². The molecule has 26 heavy (non-hydrogen) atoms. The molecule has 0 saturated carbocycles. The van der Waals surface area contributed by atoms with Crippen molar-refractivity contribution in [2.45, 2.75) is 0 Å². The number of rotatable bonds is 3. The summed E-state index contributed by atoms with van der Waals surface area (Å²) in [6.07, 6.45) is 1.72. The van der Waals surface area contributed by atoms with E-state index in [4.69, 9.17) is 4.74 Å². The number of hydrogen-bond donors (Lipinski definition) is 0. The molecule has 0 aliphatic heterocycles. The fraction of sp³-hybridized carbons (Fsp3) is 0. The minimum atomic E-state index is -0.433. The van der Waals surface area contributed by atoms with Crippen LogP contribution in [0.4, 0.5) is 0 Å². The van der Waals surface area contributed by atoms with E-state index < -0.39 is 5.97 Å². The summed E-state index contributed by atoms with van der Waals surface area (Å²) in [5.41, 5.74) is 1.76. The van der Waals surface area contributed by atoms with Gasteiger partial charge in [0, 0.05) is 23.2 Å². The summed E-state index contributed by atoms with van der Waals surface area (Å²) < 4.78 is 7.01. The molecule has 0 bridgehead atoms. The second-order valence-corrected chi connectivity index (χ2v) is 5.83. The Bertz CT molecular complexity index is 1080. The Kier molecular flexibility index (Phi) is 4.07. The van der Waals surface area contributed by atoms with Crippen LogP contribution in [0.25, 0.3) is 10.9 Å². The lowest BCUT2D eigenvalue weighted by Crippen LogP contribution is -2.11. The van der Waals surface area contributed by atoms with Crippen LogP contribution < -0.4 is 4.74 Å². The number of fused-ring (bicyclic) bond motifs is 1. The van der Waals surface area contributed by atoms with Crippen molar-refractivity contribution < 1.29 is 14.3 Å². The molecule has 3 aromatic carbocycles. The van der Waals surface area contributed by atoms with Crippen LogP contribution in [0.5, 0.6) is 5.75 Å². The highest BCUT2D eigenvalue weighted by Crippen LogP contribution is 2.23. The predicted molar refractivity (Wildman–Crippen MR) is 99.5 cm³/mol. The second-order valence-electron chi connectivity index (χ2n) is 5.83. The first-order valence-corrected chi connectivity index (χ1v) is 8.20. The molecule has 4 nitrogen and oxygen atoms in total. The van der Waals surface area contributed by atoms with Crippen molar-refractivity contribution in [2.24, 2.45) is 0 Å². The fourth-order valence-corrected chi connectivity index (χ4v) is 2.81.